The molecule has 0 spiro atoms. The van der Waals surface area contributed by atoms with Gasteiger partial charge in [-0.1, -0.05) is 48.5 Å². The highest BCUT2D eigenvalue weighted by atomic mass is 16.6. The predicted octanol–water partition coefficient (Wildman–Crippen LogP) is 6.19. The van der Waals surface area contributed by atoms with E-state index in [1.807, 2.05) is 25.7 Å². The number of fused-ring (bicyclic) bond motifs is 3. The van der Waals surface area contributed by atoms with Crippen LogP contribution in [0.4, 0.5) is 4.79 Å². The maximum absolute atomic E-state index is 12.8. The molecule has 39 heavy (non-hydrogen) atoms. The minimum Gasteiger partial charge on any atom is -0.460 e. The Kier molecular flexibility index (Phi) is 10.4. The van der Waals surface area contributed by atoms with Crippen LogP contribution in [0.2, 0.25) is 0 Å². The van der Waals surface area contributed by atoms with Crippen LogP contribution < -0.4 is 0 Å². The van der Waals surface area contributed by atoms with Crippen molar-refractivity contribution >= 4 is 12.1 Å². The molecule has 0 saturated carbocycles. The van der Waals surface area contributed by atoms with Crippen molar-refractivity contribution in [3.05, 3.63) is 59.7 Å². The maximum Gasteiger partial charge on any atom is 0.409 e. The summed E-state index contributed by atoms with van der Waals surface area (Å²) in [4.78, 5) is 26.3. The standard InChI is InChI=1S/C32H43NO6/c1-32(2,3)39-30(34)16-20-37-22-21-36-19-8-9-24-14-17-33(18-15-24)31(35)38-23-29-27-12-6-4-10-25(27)26-11-5-7-13-28(26)29/h4-7,10-13,24,29H,8-9,14-23H2,1-3H3. The van der Waals surface area contributed by atoms with Crippen molar-refractivity contribution in [2.24, 2.45) is 5.92 Å². The third-order valence-electron chi connectivity index (χ3n) is 7.35. The van der Waals surface area contributed by atoms with E-state index in [0.717, 1.165) is 38.8 Å². The van der Waals surface area contributed by atoms with Gasteiger partial charge in [0.15, 0.2) is 0 Å². The van der Waals surface area contributed by atoms with Gasteiger partial charge in [-0.25, -0.2) is 4.79 Å². The van der Waals surface area contributed by atoms with Crippen molar-refractivity contribution in [3.8, 4) is 11.1 Å². The molecule has 1 fully saturated rings. The highest BCUT2D eigenvalue weighted by molar-refractivity contribution is 5.79. The number of esters is 1. The Morgan fingerprint density at radius 2 is 1.44 bits per heavy atom. The van der Waals surface area contributed by atoms with Crippen molar-refractivity contribution in [2.75, 3.05) is 46.1 Å². The van der Waals surface area contributed by atoms with E-state index in [-0.39, 0.29) is 24.4 Å². The van der Waals surface area contributed by atoms with Gasteiger partial charge in [0, 0.05) is 25.6 Å². The van der Waals surface area contributed by atoms with E-state index >= 15 is 0 Å². The number of carbonyl (C=O) groups is 2. The monoisotopic (exact) mass is 537 g/mol. The average Bonchev–Trinajstić information content (AvgIpc) is 3.24. The second-order valence-corrected chi connectivity index (χ2v) is 11.4. The molecule has 2 aromatic carbocycles. The number of likely N-dealkylation sites (tertiary alicyclic amines) is 1. The van der Waals surface area contributed by atoms with Gasteiger partial charge in [0.05, 0.1) is 26.2 Å². The summed E-state index contributed by atoms with van der Waals surface area (Å²) >= 11 is 0. The lowest BCUT2D eigenvalue weighted by Gasteiger charge is -2.31. The first-order valence-corrected chi connectivity index (χ1v) is 14.3. The van der Waals surface area contributed by atoms with Crippen LogP contribution in [-0.4, -0.2) is 68.7 Å². The molecule has 0 unspecified atom stereocenters. The normalized spacial score (nSPS) is 15.6. The molecule has 0 aromatic heterocycles. The lowest BCUT2D eigenvalue weighted by Crippen LogP contribution is -2.39. The maximum atomic E-state index is 12.8. The van der Waals surface area contributed by atoms with E-state index < -0.39 is 5.60 Å². The minimum atomic E-state index is -0.462. The first-order chi connectivity index (χ1) is 18.8. The van der Waals surface area contributed by atoms with E-state index in [1.165, 1.54) is 22.3 Å². The quantitative estimate of drug-likeness (QED) is 0.237. The number of piperidine rings is 1. The molecule has 1 saturated heterocycles. The molecule has 1 heterocycles. The second kappa shape index (κ2) is 13.9. The number of ether oxygens (including phenoxy) is 4. The van der Waals surface area contributed by atoms with Crippen molar-refractivity contribution in [1.82, 2.24) is 4.90 Å². The minimum absolute atomic E-state index is 0.0919. The summed E-state index contributed by atoms with van der Waals surface area (Å²) in [5.74, 6) is 0.457. The average molecular weight is 538 g/mol. The molecule has 1 aliphatic heterocycles. The Morgan fingerprint density at radius 1 is 0.846 bits per heavy atom. The number of amides is 1. The SMILES string of the molecule is CC(C)(C)OC(=O)CCOCCOCCCC1CCN(C(=O)OCC2c3ccccc3-c3ccccc32)CC1. The van der Waals surface area contributed by atoms with Crippen LogP contribution in [0, 0.1) is 5.92 Å². The van der Waals surface area contributed by atoms with Gasteiger partial charge in [0.1, 0.15) is 12.2 Å². The van der Waals surface area contributed by atoms with Crippen LogP contribution in [-0.2, 0) is 23.7 Å². The molecule has 4 rings (SSSR count). The molecule has 2 aliphatic rings. The zero-order valence-electron chi connectivity index (χ0n) is 23.7. The molecule has 212 valence electrons. The molecule has 1 amide bonds. The highest BCUT2D eigenvalue weighted by Gasteiger charge is 2.30. The van der Waals surface area contributed by atoms with Crippen molar-refractivity contribution in [3.63, 3.8) is 0 Å². The van der Waals surface area contributed by atoms with Gasteiger partial charge in [-0.15, -0.1) is 0 Å². The fourth-order valence-corrected chi connectivity index (χ4v) is 5.43. The largest absolute Gasteiger partial charge is 0.460 e. The molecular weight excluding hydrogens is 494 g/mol. The number of rotatable bonds is 12. The molecule has 7 heteroatoms. The number of carbonyl (C=O) groups excluding carboxylic acids is 2. The van der Waals surface area contributed by atoms with Gasteiger partial charge in [0.2, 0.25) is 0 Å². The van der Waals surface area contributed by atoms with Gasteiger partial charge in [-0.2, -0.15) is 0 Å². The number of hydrogen-bond acceptors (Lipinski definition) is 6. The summed E-state index contributed by atoms with van der Waals surface area (Å²) in [7, 11) is 0. The zero-order chi connectivity index (χ0) is 27.7. The molecule has 0 atom stereocenters. The van der Waals surface area contributed by atoms with Gasteiger partial charge < -0.3 is 23.8 Å². The lowest BCUT2D eigenvalue weighted by atomic mass is 9.92. The summed E-state index contributed by atoms with van der Waals surface area (Å²) in [5, 5.41) is 0. The third-order valence-corrected chi connectivity index (χ3v) is 7.35. The Bertz CT molecular complexity index is 1040. The molecule has 7 nitrogen and oxygen atoms in total. The molecule has 2 aromatic rings. The Labute approximate surface area is 232 Å². The summed E-state index contributed by atoms with van der Waals surface area (Å²) in [6.45, 7) is 9.46. The molecular formula is C32H43NO6. The summed E-state index contributed by atoms with van der Waals surface area (Å²) in [6.07, 6.45) is 4.14. The van der Waals surface area contributed by atoms with Gasteiger partial charge in [-0.3, -0.25) is 4.79 Å². The smallest absolute Gasteiger partial charge is 0.409 e. The van der Waals surface area contributed by atoms with Crippen LogP contribution in [0.3, 0.4) is 0 Å². The fourth-order valence-electron chi connectivity index (χ4n) is 5.43. The number of benzene rings is 2. The summed E-state index contributed by atoms with van der Waals surface area (Å²) in [5.41, 5.74) is 4.49. The van der Waals surface area contributed by atoms with Crippen LogP contribution in [0.1, 0.15) is 69.9 Å². The molecule has 1 aliphatic carbocycles. The highest BCUT2D eigenvalue weighted by Crippen LogP contribution is 2.44. The first-order valence-electron chi connectivity index (χ1n) is 14.3. The Balaban J connectivity index is 1.05. The molecule has 0 radical (unpaired) electrons. The summed E-state index contributed by atoms with van der Waals surface area (Å²) in [6, 6.07) is 16.8. The molecule has 0 N–H and O–H groups in total. The topological polar surface area (TPSA) is 74.3 Å². The van der Waals surface area contributed by atoms with Gasteiger partial charge >= 0.3 is 12.1 Å². The molecule has 0 bridgehead atoms. The predicted molar refractivity (Wildman–Crippen MR) is 151 cm³/mol. The lowest BCUT2D eigenvalue weighted by molar-refractivity contribution is -0.156. The Morgan fingerprint density at radius 3 is 2.05 bits per heavy atom. The van der Waals surface area contributed by atoms with E-state index in [2.05, 4.69) is 48.5 Å². The van der Waals surface area contributed by atoms with Crippen LogP contribution in [0.5, 0.6) is 0 Å². The number of nitrogens with zero attached hydrogens (tertiary/aromatic N) is 1. The van der Waals surface area contributed by atoms with Crippen LogP contribution >= 0.6 is 0 Å². The summed E-state index contributed by atoms with van der Waals surface area (Å²) < 4.78 is 22.2. The number of hydrogen-bond donors (Lipinski definition) is 0. The first kappa shape index (κ1) is 29.1. The van der Waals surface area contributed by atoms with Crippen molar-refractivity contribution < 1.29 is 28.5 Å². The van der Waals surface area contributed by atoms with Crippen molar-refractivity contribution in [2.45, 2.75) is 64.4 Å². The fraction of sp³-hybridized carbons (Fsp3) is 0.562. The van der Waals surface area contributed by atoms with Gasteiger partial charge in [-0.05, 0) is 74.6 Å². The zero-order valence-corrected chi connectivity index (χ0v) is 23.7. The van der Waals surface area contributed by atoms with Crippen LogP contribution in [0.15, 0.2) is 48.5 Å². The van der Waals surface area contributed by atoms with E-state index in [1.54, 1.807) is 0 Å². The third kappa shape index (κ3) is 8.54. The van der Waals surface area contributed by atoms with E-state index in [9.17, 15) is 9.59 Å². The van der Waals surface area contributed by atoms with E-state index in [4.69, 9.17) is 18.9 Å². The van der Waals surface area contributed by atoms with Gasteiger partial charge in [0.25, 0.3) is 0 Å². The second-order valence-electron chi connectivity index (χ2n) is 11.4. The Hall–Kier alpha value is -2.90. The van der Waals surface area contributed by atoms with Crippen LogP contribution in [0.25, 0.3) is 11.1 Å². The van der Waals surface area contributed by atoms with E-state index in [0.29, 0.717) is 39.0 Å². The van der Waals surface area contributed by atoms with Crippen molar-refractivity contribution in [1.29, 1.82) is 0 Å².